The summed E-state index contributed by atoms with van der Waals surface area (Å²) in [6, 6.07) is 4.84. The van der Waals surface area contributed by atoms with Crippen molar-refractivity contribution in [2.75, 3.05) is 34.2 Å². The van der Waals surface area contributed by atoms with Gasteiger partial charge in [-0.05, 0) is 12.1 Å². The summed E-state index contributed by atoms with van der Waals surface area (Å²) in [6.45, 7) is 2.71. The van der Waals surface area contributed by atoms with Crippen LogP contribution in [0, 0.1) is 5.82 Å². The minimum Gasteiger partial charge on any atom is -0.335 e. The molecule has 0 spiro atoms. The van der Waals surface area contributed by atoms with E-state index in [9.17, 15) is 4.39 Å². The van der Waals surface area contributed by atoms with E-state index in [-0.39, 0.29) is 5.82 Å². The molecule has 0 saturated heterocycles. The number of likely N-dealkylation sites (N-methyl/N-ethyl adjacent to an activating group) is 2. The second-order valence-electron chi connectivity index (χ2n) is 4.54. The van der Waals surface area contributed by atoms with E-state index in [0.717, 1.165) is 13.1 Å². The van der Waals surface area contributed by atoms with Crippen LogP contribution >= 0.6 is 11.6 Å². The zero-order chi connectivity index (χ0) is 12.1. The first-order valence-electron chi connectivity index (χ1n) is 5.54. The summed E-state index contributed by atoms with van der Waals surface area (Å²) in [5.41, 5.74) is 0.621. The van der Waals surface area contributed by atoms with Gasteiger partial charge in [-0.15, -0.1) is 0 Å². The molecule has 2 nitrogen and oxygen atoms in total. The smallest absolute Gasteiger partial charge is 0.133 e. The third-order valence-corrected chi connectivity index (χ3v) is 2.95. The lowest BCUT2D eigenvalue weighted by atomic mass is 10.2. The van der Waals surface area contributed by atoms with Gasteiger partial charge in [0.25, 0.3) is 0 Å². The van der Waals surface area contributed by atoms with Crippen molar-refractivity contribution in [3.8, 4) is 0 Å². The molecule has 0 aliphatic carbocycles. The predicted octanol–water partition coefficient (Wildman–Crippen LogP) is -0.362. The summed E-state index contributed by atoms with van der Waals surface area (Å²) in [5, 5.41) is 0.525. The zero-order valence-electron chi connectivity index (χ0n) is 10.1. The van der Waals surface area contributed by atoms with Gasteiger partial charge in [0.1, 0.15) is 25.5 Å². The Morgan fingerprint density at radius 1 is 1.19 bits per heavy atom. The van der Waals surface area contributed by atoms with Crippen molar-refractivity contribution < 1.29 is 14.2 Å². The molecular formula is C12H20ClFN2+2. The second kappa shape index (κ2) is 6.18. The highest BCUT2D eigenvalue weighted by molar-refractivity contribution is 6.31. The molecule has 0 saturated carbocycles. The van der Waals surface area contributed by atoms with Gasteiger partial charge >= 0.3 is 0 Å². The summed E-state index contributed by atoms with van der Waals surface area (Å²) in [5.74, 6) is -0.205. The molecule has 1 aromatic carbocycles. The summed E-state index contributed by atoms with van der Waals surface area (Å²) < 4.78 is 13.5. The summed E-state index contributed by atoms with van der Waals surface area (Å²) in [4.78, 5) is 2.67. The molecule has 90 valence electrons. The average Bonchev–Trinajstić information content (AvgIpc) is 2.21. The number of hydrogen-bond donors (Lipinski definition) is 2. The maximum absolute atomic E-state index is 13.5. The fourth-order valence-electron chi connectivity index (χ4n) is 1.55. The molecule has 0 fully saturated rings. The minimum absolute atomic E-state index is 0.205. The van der Waals surface area contributed by atoms with Gasteiger partial charge in [0.15, 0.2) is 0 Å². The number of nitrogens with one attached hydrogen (secondary N) is 2. The average molecular weight is 247 g/mol. The van der Waals surface area contributed by atoms with Gasteiger partial charge in [-0.25, -0.2) is 4.39 Å². The van der Waals surface area contributed by atoms with Crippen LogP contribution in [0.15, 0.2) is 18.2 Å². The highest BCUT2D eigenvalue weighted by Gasteiger charge is 2.12. The Morgan fingerprint density at radius 3 is 2.44 bits per heavy atom. The van der Waals surface area contributed by atoms with Gasteiger partial charge < -0.3 is 9.80 Å². The third kappa shape index (κ3) is 4.08. The van der Waals surface area contributed by atoms with Crippen LogP contribution < -0.4 is 9.80 Å². The van der Waals surface area contributed by atoms with Crippen LogP contribution in [-0.2, 0) is 6.54 Å². The van der Waals surface area contributed by atoms with Crippen molar-refractivity contribution in [2.24, 2.45) is 0 Å². The summed E-state index contributed by atoms with van der Waals surface area (Å²) >= 11 is 5.98. The zero-order valence-corrected chi connectivity index (χ0v) is 10.9. The maximum atomic E-state index is 13.5. The fraction of sp³-hybridized carbons (Fsp3) is 0.500. The molecule has 0 radical (unpaired) electrons. The molecule has 1 atom stereocenters. The van der Waals surface area contributed by atoms with Gasteiger partial charge in [0, 0.05) is 0 Å². The Kier molecular flexibility index (Phi) is 5.19. The highest BCUT2D eigenvalue weighted by Crippen LogP contribution is 2.17. The second-order valence-corrected chi connectivity index (χ2v) is 4.95. The molecule has 1 unspecified atom stereocenters. The highest BCUT2D eigenvalue weighted by atomic mass is 35.5. The minimum atomic E-state index is -0.205. The molecule has 1 rings (SSSR count). The molecule has 0 amide bonds. The molecule has 0 bridgehead atoms. The largest absolute Gasteiger partial charge is 0.335 e. The monoisotopic (exact) mass is 246 g/mol. The standard InChI is InChI=1S/C12H18ClFN2/c1-15(2)7-8-16(3)9-10-11(13)5-4-6-12(10)14/h4-6H,7-9H2,1-3H3/p+2. The van der Waals surface area contributed by atoms with Crippen LogP contribution in [0.5, 0.6) is 0 Å². The molecule has 16 heavy (non-hydrogen) atoms. The van der Waals surface area contributed by atoms with E-state index in [1.54, 1.807) is 12.1 Å². The van der Waals surface area contributed by atoms with Crippen LogP contribution in [0.1, 0.15) is 5.56 Å². The molecule has 2 N–H and O–H groups in total. The molecule has 0 aliphatic heterocycles. The van der Waals surface area contributed by atoms with Crippen LogP contribution in [0.2, 0.25) is 5.02 Å². The first kappa shape index (κ1) is 13.4. The quantitative estimate of drug-likeness (QED) is 0.702. The number of halogens is 2. The Bertz CT molecular complexity index is 322. The topological polar surface area (TPSA) is 8.88 Å². The van der Waals surface area contributed by atoms with E-state index >= 15 is 0 Å². The predicted molar refractivity (Wildman–Crippen MR) is 64.5 cm³/mol. The third-order valence-electron chi connectivity index (χ3n) is 2.59. The first-order chi connectivity index (χ1) is 7.50. The van der Waals surface area contributed by atoms with E-state index in [1.807, 2.05) is 0 Å². The van der Waals surface area contributed by atoms with Crippen molar-refractivity contribution in [3.05, 3.63) is 34.6 Å². The van der Waals surface area contributed by atoms with Crippen LogP contribution in [-0.4, -0.2) is 34.2 Å². The summed E-state index contributed by atoms with van der Waals surface area (Å²) in [7, 11) is 6.29. The van der Waals surface area contributed by atoms with Gasteiger partial charge in [0.05, 0.1) is 31.7 Å². The van der Waals surface area contributed by atoms with Gasteiger partial charge in [-0.2, -0.15) is 0 Å². The van der Waals surface area contributed by atoms with E-state index < -0.39 is 0 Å². The SMILES string of the molecule is C[NH+](C)CC[NH+](C)Cc1c(F)cccc1Cl. The van der Waals surface area contributed by atoms with Gasteiger partial charge in [-0.1, -0.05) is 17.7 Å². The Hall–Kier alpha value is -0.640. The van der Waals surface area contributed by atoms with Crippen molar-refractivity contribution in [1.29, 1.82) is 0 Å². The van der Waals surface area contributed by atoms with Crippen molar-refractivity contribution >= 4 is 11.6 Å². The maximum Gasteiger partial charge on any atom is 0.133 e. The number of benzene rings is 1. The van der Waals surface area contributed by atoms with E-state index in [0.29, 0.717) is 17.1 Å². The fourth-order valence-corrected chi connectivity index (χ4v) is 1.78. The molecule has 0 aliphatic rings. The molecule has 0 aromatic heterocycles. The molecule has 1 aromatic rings. The van der Waals surface area contributed by atoms with Gasteiger partial charge in [-0.3, -0.25) is 0 Å². The van der Waals surface area contributed by atoms with E-state index in [4.69, 9.17) is 11.6 Å². The molecule has 0 heterocycles. The lowest BCUT2D eigenvalue weighted by Crippen LogP contribution is -3.15. The van der Waals surface area contributed by atoms with Crippen molar-refractivity contribution in [1.82, 2.24) is 0 Å². The van der Waals surface area contributed by atoms with Crippen LogP contribution in [0.25, 0.3) is 0 Å². The van der Waals surface area contributed by atoms with Crippen molar-refractivity contribution in [2.45, 2.75) is 6.54 Å². The Morgan fingerprint density at radius 2 is 1.88 bits per heavy atom. The van der Waals surface area contributed by atoms with Crippen molar-refractivity contribution in [3.63, 3.8) is 0 Å². The van der Waals surface area contributed by atoms with Crippen LogP contribution in [0.3, 0.4) is 0 Å². The van der Waals surface area contributed by atoms with Crippen LogP contribution in [0.4, 0.5) is 4.39 Å². The first-order valence-corrected chi connectivity index (χ1v) is 5.91. The number of quaternary nitrogens is 2. The molecule has 4 heteroatoms. The lowest BCUT2D eigenvalue weighted by Gasteiger charge is -2.16. The number of hydrogen-bond acceptors (Lipinski definition) is 0. The van der Waals surface area contributed by atoms with Gasteiger partial charge in [0.2, 0.25) is 0 Å². The molecular weight excluding hydrogens is 227 g/mol. The lowest BCUT2D eigenvalue weighted by molar-refractivity contribution is -0.937. The Labute approximate surface area is 102 Å². The normalized spacial score (nSPS) is 13.1. The Balaban J connectivity index is 2.59. The van der Waals surface area contributed by atoms with E-state index in [2.05, 4.69) is 21.1 Å². The summed E-state index contributed by atoms with van der Waals surface area (Å²) in [6.07, 6.45) is 0. The van der Waals surface area contributed by atoms with E-state index in [1.165, 1.54) is 15.9 Å². The number of rotatable bonds is 5.